The predicted molar refractivity (Wildman–Crippen MR) is 118 cm³/mol. The van der Waals surface area contributed by atoms with Gasteiger partial charge in [-0.3, -0.25) is 0 Å². The molecule has 6 atom stereocenters. The predicted octanol–water partition coefficient (Wildman–Crippen LogP) is 5.58. The minimum Gasteiger partial charge on any atom is -0.508 e. The number of aryl methyl sites for hydroxylation is 1. The molecule has 0 bridgehead atoms. The van der Waals surface area contributed by atoms with Crippen molar-refractivity contribution in [1.82, 2.24) is 0 Å². The smallest absolute Gasteiger partial charge is 0.115 e. The van der Waals surface area contributed by atoms with Crippen molar-refractivity contribution in [2.24, 2.45) is 17.3 Å². The molecule has 5 rings (SSSR count). The summed E-state index contributed by atoms with van der Waals surface area (Å²) in [6.07, 6.45) is 6.43. The van der Waals surface area contributed by atoms with Crippen LogP contribution in [0.15, 0.2) is 48.5 Å². The van der Waals surface area contributed by atoms with Crippen LogP contribution in [0.3, 0.4) is 0 Å². The number of aromatic hydroxyl groups is 1. The molecule has 0 radical (unpaired) electrons. The summed E-state index contributed by atoms with van der Waals surface area (Å²) in [5, 5.41) is 21.8. The lowest BCUT2D eigenvalue weighted by Gasteiger charge is -2.58. The molecule has 0 aromatic heterocycles. The highest BCUT2D eigenvalue weighted by atomic mass is 16.5. The second-order valence-corrected chi connectivity index (χ2v) is 10.2. The van der Waals surface area contributed by atoms with Crippen LogP contribution in [-0.4, -0.2) is 21.9 Å². The molecule has 3 unspecified atom stereocenters. The van der Waals surface area contributed by atoms with Crippen molar-refractivity contribution in [3.05, 3.63) is 65.2 Å². The molecule has 0 spiro atoms. The third kappa shape index (κ3) is 3.09. The summed E-state index contributed by atoms with van der Waals surface area (Å²) in [6.45, 7) is 4.99. The first-order chi connectivity index (χ1) is 14.4. The van der Waals surface area contributed by atoms with E-state index in [4.69, 9.17) is 4.74 Å². The second-order valence-electron chi connectivity index (χ2n) is 10.2. The fraction of sp³-hybridized carbons (Fsp3) is 0.556. The second kappa shape index (κ2) is 7.39. The van der Waals surface area contributed by atoms with Crippen molar-refractivity contribution in [3.63, 3.8) is 0 Å². The third-order valence-corrected chi connectivity index (χ3v) is 8.58. The highest BCUT2D eigenvalue weighted by Gasteiger charge is 2.62. The van der Waals surface area contributed by atoms with Gasteiger partial charge in [0.15, 0.2) is 0 Å². The van der Waals surface area contributed by atoms with Gasteiger partial charge < -0.3 is 14.9 Å². The number of phenols is 1. The Morgan fingerprint density at radius 1 is 1.07 bits per heavy atom. The Bertz CT molecular complexity index is 906. The van der Waals surface area contributed by atoms with Gasteiger partial charge in [0.05, 0.1) is 18.3 Å². The largest absolute Gasteiger partial charge is 0.508 e. The Kier molecular flexibility index (Phi) is 4.95. The van der Waals surface area contributed by atoms with E-state index >= 15 is 0 Å². The number of hydrogen-bond donors (Lipinski definition) is 2. The summed E-state index contributed by atoms with van der Waals surface area (Å²) < 4.78 is 6.57. The molecule has 2 aromatic carbocycles. The number of aliphatic hydroxyl groups is 1. The molecule has 3 aliphatic carbocycles. The Balaban J connectivity index is 1.46. The van der Waals surface area contributed by atoms with Crippen LogP contribution in [0.5, 0.6) is 5.75 Å². The Labute approximate surface area is 180 Å². The van der Waals surface area contributed by atoms with Crippen LogP contribution in [-0.2, 0) is 17.8 Å². The van der Waals surface area contributed by atoms with E-state index in [1.165, 1.54) is 23.1 Å². The van der Waals surface area contributed by atoms with Gasteiger partial charge in [-0.2, -0.15) is 0 Å². The molecule has 0 saturated heterocycles. The average Bonchev–Trinajstić information content (AvgIpc) is 3.10. The molecule has 2 fully saturated rings. The van der Waals surface area contributed by atoms with E-state index in [9.17, 15) is 10.2 Å². The molecule has 3 heteroatoms. The summed E-state index contributed by atoms with van der Waals surface area (Å²) >= 11 is 0. The quantitative estimate of drug-likeness (QED) is 0.696. The van der Waals surface area contributed by atoms with E-state index in [0.717, 1.165) is 32.1 Å². The maximum atomic E-state index is 11.8. The molecular weight excluding hydrogens is 372 g/mol. The summed E-state index contributed by atoms with van der Waals surface area (Å²) in [6, 6.07) is 16.2. The summed E-state index contributed by atoms with van der Waals surface area (Å²) in [7, 11) is 0. The lowest BCUT2D eigenvalue weighted by molar-refractivity contribution is -0.154. The molecule has 3 nitrogen and oxygen atoms in total. The molecule has 2 N–H and O–H groups in total. The highest BCUT2D eigenvalue weighted by molar-refractivity contribution is 5.42. The van der Waals surface area contributed by atoms with Crippen molar-refractivity contribution in [2.45, 2.75) is 76.6 Å². The van der Waals surface area contributed by atoms with Crippen molar-refractivity contribution >= 4 is 0 Å². The lowest BCUT2D eigenvalue weighted by Crippen LogP contribution is -2.56. The molecule has 30 heavy (non-hydrogen) atoms. The van der Waals surface area contributed by atoms with Gasteiger partial charge >= 0.3 is 0 Å². The number of hydrogen-bond acceptors (Lipinski definition) is 3. The SMILES string of the molecule is CC[C@]12C[C@](C)(O)C3c4ccc(O)cc4CCC3C1CC[C@@H]2OCc1ccccc1. The number of rotatable bonds is 4. The Morgan fingerprint density at radius 2 is 1.87 bits per heavy atom. The lowest BCUT2D eigenvalue weighted by atomic mass is 9.49. The standard InChI is InChI=1S/C27H34O3/c1-3-27-17-26(2,29)25-21-12-10-20(28)15-19(21)9-11-22(25)23(27)13-14-24(27)30-16-18-7-5-4-6-8-18/h4-8,10,12,15,22-25,28-29H,3,9,11,13-14,16-17H2,1-2H3/t22?,23?,24-,25?,26-,27-/m0/s1. The van der Waals surface area contributed by atoms with Crippen molar-refractivity contribution < 1.29 is 14.9 Å². The minimum atomic E-state index is -0.762. The average molecular weight is 407 g/mol. The van der Waals surface area contributed by atoms with Gasteiger partial charge in [0.2, 0.25) is 0 Å². The van der Waals surface area contributed by atoms with E-state index in [2.05, 4.69) is 37.3 Å². The highest BCUT2D eigenvalue weighted by Crippen LogP contribution is 2.65. The third-order valence-electron chi connectivity index (χ3n) is 8.58. The van der Waals surface area contributed by atoms with Crippen molar-refractivity contribution in [1.29, 1.82) is 0 Å². The zero-order chi connectivity index (χ0) is 20.9. The molecule has 0 aliphatic heterocycles. The van der Waals surface area contributed by atoms with Gasteiger partial charge in [-0.1, -0.05) is 43.3 Å². The first-order valence-electron chi connectivity index (χ1n) is 11.6. The maximum absolute atomic E-state index is 11.8. The minimum absolute atomic E-state index is 0.0495. The van der Waals surface area contributed by atoms with Crippen LogP contribution in [0.25, 0.3) is 0 Å². The Hall–Kier alpha value is -1.84. The number of benzene rings is 2. The molecule has 0 amide bonds. The summed E-state index contributed by atoms with van der Waals surface area (Å²) in [4.78, 5) is 0. The van der Waals surface area contributed by atoms with Crippen LogP contribution in [0.1, 0.15) is 68.6 Å². The van der Waals surface area contributed by atoms with Gasteiger partial charge in [-0.05, 0) is 86.1 Å². The molecular formula is C27H34O3. The van der Waals surface area contributed by atoms with Crippen LogP contribution < -0.4 is 0 Å². The molecule has 0 heterocycles. The zero-order valence-electron chi connectivity index (χ0n) is 18.2. The Morgan fingerprint density at radius 3 is 2.63 bits per heavy atom. The molecule has 2 aromatic rings. The summed E-state index contributed by atoms with van der Waals surface area (Å²) in [5.74, 6) is 1.56. The van der Waals surface area contributed by atoms with Crippen LogP contribution >= 0.6 is 0 Å². The number of fused-ring (bicyclic) bond motifs is 5. The van der Waals surface area contributed by atoms with Gasteiger partial charge in [-0.15, -0.1) is 0 Å². The van der Waals surface area contributed by atoms with E-state index in [1.54, 1.807) is 6.07 Å². The van der Waals surface area contributed by atoms with Crippen LogP contribution in [0.4, 0.5) is 0 Å². The fourth-order valence-corrected chi connectivity index (χ4v) is 7.50. The maximum Gasteiger partial charge on any atom is 0.115 e. The first kappa shape index (κ1) is 20.1. The normalized spacial score (nSPS) is 37.3. The zero-order valence-corrected chi connectivity index (χ0v) is 18.2. The van der Waals surface area contributed by atoms with Crippen molar-refractivity contribution in [2.75, 3.05) is 0 Å². The van der Waals surface area contributed by atoms with E-state index in [1.807, 2.05) is 19.1 Å². The van der Waals surface area contributed by atoms with E-state index in [-0.39, 0.29) is 17.4 Å². The molecule has 160 valence electrons. The van der Waals surface area contributed by atoms with E-state index in [0.29, 0.717) is 24.2 Å². The fourth-order valence-electron chi connectivity index (χ4n) is 7.50. The monoisotopic (exact) mass is 406 g/mol. The first-order valence-corrected chi connectivity index (χ1v) is 11.6. The topological polar surface area (TPSA) is 49.7 Å². The van der Waals surface area contributed by atoms with Gasteiger partial charge in [-0.25, -0.2) is 0 Å². The van der Waals surface area contributed by atoms with Gasteiger partial charge in [0.1, 0.15) is 5.75 Å². The van der Waals surface area contributed by atoms with Gasteiger partial charge in [0, 0.05) is 11.3 Å². The molecule has 3 aliphatic rings. The number of phenolic OH excluding ortho intramolecular Hbond substituents is 1. The molecule has 2 saturated carbocycles. The van der Waals surface area contributed by atoms with Gasteiger partial charge in [0.25, 0.3) is 0 Å². The number of ether oxygens (including phenoxy) is 1. The van der Waals surface area contributed by atoms with Crippen LogP contribution in [0.2, 0.25) is 0 Å². The van der Waals surface area contributed by atoms with Crippen LogP contribution in [0, 0.1) is 17.3 Å². The van der Waals surface area contributed by atoms with Crippen molar-refractivity contribution in [3.8, 4) is 5.75 Å². The van der Waals surface area contributed by atoms with E-state index < -0.39 is 5.60 Å². The summed E-state index contributed by atoms with van der Waals surface area (Å²) in [5.41, 5.74) is 2.98.